The van der Waals surface area contributed by atoms with E-state index in [4.69, 9.17) is 9.72 Å². The number of aromatic nitrogens is 1. The lowest BCUT2D eigenvalue weighted by atomic mass is 10.1. The Bertz CT molecular complexity index is 932. The first kappa shape index (κ1) is 15.6. The number of amides is 1. The number of pyridine rings is 1. The summed E-state index contributed by atoms with van der Waals surface area (Å²) in [5.41, 5.74) is 3.57. The third-order valence-corrected chi connectivity index (χ3v) is 4.61. The molecule has 4 nitrogen and oxygen atoms in total. The lowest BCUT2D eigenvalue weighted by Crippen LogP contribution is -2.23. The van der Waals surface area contributed by atoms with E-state index in [1.807, 2.05) is 54.6 Å². The van der Waals surface area contributed by atoms with E-state index in [9.17, 15) is 4.79 Å². The number of nitrogens with one attached hydrogen (secondary N) is 1. The summed E-state index contributed by atoms with van der Waals surface area (Å²) in [6.07, 6.45) is 2.32. The molecular formula is C21H20N2O2. The maximum absolute atomic E-state index is 12.8. The molecule has 1 amide bonds. The Balaban J connectivity index is 1.63. The zero-order valence-corrected chi connectivity index (χ0v) is 14.2. The van der Waals surface area contributed by atoms with E-state index in [-0.39, 0.29) is 5.91 Å². The van der Waals surface area contributed by atoms with Crippen molar-refractivity contribution in [3.05, 3.63) is 71.4 Å². The largest absolute Gasteiger partial charge is 0.496 e. The van der Waals surface area contributed by atoms with Crippen molar-refractivity contribution < 1.29 is 9.53 Å². The molecule has 1 N–H and O–H groups in total. The van der Waals surface area contributed by atoms with Crippen LogP contribution in [0, 0.1) is 0 Å². The van der Waals surface area contributed by atoms with Gasteiger partial charge in [0, 0.05) is 29.1 Å². The quantitative estimate of drug-likeness (QED) is 0.767. The first-order valence-electron chi connectivity index (χ1n) is 8.56. The smallest absolute Gasteiger partial charge is 0.252 e. The van der Waals surface area contributed by atoms with Crippen molar-refractivity contribution in [3.8, 4) is 5.75 Å². The molecule has 2 aromatic carbocycles. The van der Waals surface area contributed by atoms with Crippen LogP contribution in [0.15, 0.2) is 54.6 Å². The fourth-order valence-corrected chi connectivity index (χ4v) is 3.09. The minimum Gasteiger partial charge on any atom is -0.496 e. The number of rotatable bonds is 5. The summed E-state index contributed by atoms with van der Waals surface area (Å²) < 4.78 is 5.35. The highest BCUT2D eigenvalue weighted by molar-refractivity contribution is 6.06. The number of para-hydroxylation sites is 2. The maximum Gasteiger partial charge on any atom is 0.252 e. The predicted octanol–water partition coefficient (Wildman–Crippen LogP) is 4.05. The van der Waals surface area contributed by atoms with Crippen LogP contribution < -0.4 is 10.1 Å². The summed E-state index contributed by atoms with van der Waals surface area (Å²) in [6.45, 7) is 0.429. The number of carbonyl (C=O) groups excluding carboxylic acids is 1. The molecule has 1 aliphatic carbocycles. The first-order chi connectivity index (χ1) is 12.3. The molecule has 126 valence electrons. The van der Waals surface area contributed by atoms with Gasteiger partial charge in [-0.1, -0.05) is 36.4 Å². The molecule has 1 fully saturated rings. The minimum absolute atomic E-state index is 0.0774. The normalized spacial score (nSPS) is 13.6. The van der Waals surface area contributed by atoms with E-state index in [1.165, 1.54) is 0 Å². The van der Waals surface area contributed by atoms with E-state index in [2.05, 4.69) is 5.32 Å². The van der Waals surface area contributed by atoms with Crippen molar-refractivity contribution in [3.63, 3.8) is 0 Å². The zero-order chi connectivity index (χ0) is 17.2. The van der Waals surface area contributed by atoms with Gasteiger partial charge >= 0.3 is 0 Å². The zero-order valence-electron chi connectivity index (χ0n) is 14.2. The van der Waals surface area contributed by atoms with E-state index < -0.39 is 0 Å². The van der Waals surface area contributed by atoms with Crippen LogP contribution in [0.3, 0.4) is 0 Å². The van der Waals surface area contributed by atoms with Crippen molar-refractivity contribution >= 4 is 16.8 Å². The number of benzene rings is 2. The Hall–Kier alpha value is -2.88. The molecule has 1 saturated carbocycles. The molecule has 0 bridgehead atoms. The van der Waals surface area contributed by atoms with Crippen LogP contribution in [0.25, 0.3) is 10.9 Å². The van der Waals surface area contributed by atoms with Gasteiger partial charge in [0.2, 0.25) is 0 Å². The molecule has 3 aromatic rings. The topological polar surface area (TPSA) is 51.2 Å². The lowest BCUT2D eigenvalue weighted by molar-refractivity contribution is 0.0952. The highest BCUT2D eigenvalue weighted by atomic mass is 16.5. The molecule has 1 heterocycles. The monoisotopic (exact) mass is 332 g/mol. The Morgan fingerprint density at radius 2 is 1.92 bits per heavy atom. The van der Waals surface area contributed by atoms with Crippen molar-refractivity contribution in [2.24, 2.45) is 0 Å². The van der Waals surface area contributed by atoms with Crippen LogP contribution in [-0.2, 0) is 6.54 Å². The van der Waals surface area contributed by atoms with E-state index in [0.717, 1.165) is 40.8 Å². The van der Waals surface area contributed by atoms with Gasteiger partial charge < -0.3 is 10.1 Å². The first-order valence-corrected chi connectivity index (χ1v) is 8.56. The van der Waals surface area contributed by atoms with Gasteiger partial charge in [0.05, 0.1) is 18.2 Å². The molecule has 1 aromatic heterocycles. The summed E-state index contributed by atoms with van der Waals surface area (Å²) >= 11 is 0. The van der Waals surface area contributed by atoms with Crippen molar-refractivity contribution in [2.45, 2.75) is 25.3 Å². The van der Waals surface area contributed by atoms with Gasteiger partial charge in [-0.3, -0.25) is 9.78 Å². The van der Waals surface area contributed by atoms with Gasteiger partial charge in [-0.2, -0.15) is 0 Å². The number of hydrogen-bond acceptors (Lipinski definition) is 3. The van der Waals surface area contributed by atoms with Crippen molar-refractivity contribution in [1.29, 1.82) is 0 Å². The van der Waals surface area contributed by atoms with Crippen LogP contribution in [0.4, 0.5) is 0 Å². The molecule has 1 aliphatic rings. The van der Waals surface area contributed by atoms with Gasteiger partial charge in [0.15, 0.2) is 0 Å². The molecule has 0 saturated heterocycles. The fourth-order valence-electron chi connectivity index (χ4n) is 3.09. The number of ether oxygens (including phenoxy) is 1. The number of nitrogens with zero attached hydrogens (tertiary/aromatic N) is 1. The minimum atomic E-state index is -0.0774. The highest BCUT2D eigenvalue weighted by Crippen LogP contribution is 2.40. The molecule has 4 heteroatoms. The van der Waals surface area contributed by atoms with Gasteiger partial charge in [-0.25, -0.2) is 0 Å². The van der Waals surface area contributed by atoms with Gasteiger partial charge in [-0.05, 0) is 31.0 Å². The third kappa shape index (κ3) is 3.20. The SMILES string of the molecule is COc1ccccc1CNC(=O)c1cc(C2CC2)nc2ccccc12. The molecule has 0 radical (unpaired) electrons. The van der Waals surface area contributed by atoms with Crippen molar-refractivity contribution in [2.75, 3.05) is 7.11 Å². The lowest BCUT2D eigenvalue weighted by Gasteiger charge is -2.12. The number of carbonyl (C=O) groups is 1. The number of hydrogen-bond donors (Lipinski definition) is 1. The predicted molar refractivity (Wildman–Crippen MR) is 97.9 cm³/mol. The standard InChI is InChI=1S/C21H20N2O2/c1-25-20-9-5-2-6-15(20)13-22-21(24)17-12-19(14-10-11-14)23-18-8-4-3-7-16(17)18/h2-9,12,14H,10-11,13H2,1H3,(H,22,24). The number of methoxy groups -OCH3 is 1. The summed E-state index contributed by atoms with van der Waals surface area (Å²) in [5.74, 6) is 1.21. The second-order valence-electron chi connectivity index (χ2n) is 6.38. The average Bonchev–Trinajstić information content (AvgIpc) is 3.50. The molecule has 4 rings (SSSR count). The average molecular weight is 332 g/mol. The van der Waals surface area contributed by atoms with Crippen LogP contribution in [0.5, 0.6) is 5.75 Å². The van der Waals surface area contributed by atoms with Gasteiger partial charge in [-0.15, -0.1) is 0 Å². The van der Waals surface area contributed by atoms with Crippen LogP contribution in [0.1, 0.15) is 40.4 Å². The molecule has 0 atom stereocenters. The van der Waals surface area contributed by atoms with E-state index in [0.29, 0.717) is 18.0 Å². The molecular weight excluding hydrogens is 312 g/mol. The Labute approximate surface area is 146 Å². The summed E-state index contributed by atoms with van der Waals surface area (Å²) in [6, 6.07) is 17.5. The van der Waals surface area contributed by atoms with Crippen molar-refractivity contribution in [1.82, 2.24) is 10.3 Å². The second-order valence-corrected chi connectivity index (χ2v) is 6.38. The van der Waals surface area contributed by atoms with E-state index in [1.54, 1.807) is 7.11 Å². The summed E-state index contributed by atoms with van der Waals surface area (Å²) in [7, 11) is 1.64. The summed E-state index contributed by atoms with van der Waals surface area (Å²) in [4.78, 5) is 17.6. The van der Waals surface area contributed by atoms with Crippen LogP contribution >= 0.6 is 0 Å². The van der Waals surface area contributed by atoms with Gasteiger partial charge in [0.25, 0.3) is 5.91 Å². The van der Waals surface area contributed by atoms with Crippen LogP contribution in [0.2, 0.25) is 0 Å². The molecule has 0 unspecified atom stereocenters. The highest BCUT2D eigenvalue weighted by Gasteiger charge is 2.26. The Kier molecular flexibility index (Phi) is 4.10. The Morgan fingerprint density at radius 3 is 2.72 bits per heavy atom. The number of fused-ring (bicyclic) bond motifs is 1. The molecule has 25 heavy (non-hydrogen) atoms. The maximum atomic E-state index is 12.8. The third-order valence-electron chi connectivity index (χ3n) is 4.61. The van der Waals surface area contributed by atoms with E-state index >= 15 is 0 Å². The Morgan fingerprint density at radius 1 is 1.16 bits per heavy atom. The molecule has 0 spiro atoms. The fraction of sp³-hybridized carbons (Fsp3) is 0.238. The van der Waals surface area contributed by atoms with Crippen LogP contribution in [-0.4, -0.2) is 18.0 Å². The second kappa shape index (κ2) is 6.55. The summed E-state index contributed by atoms with van der Waals surface area (Å²) in [5, 5.41) is 3.91. The molecule has 0 aliphatic heterocycles. The van der Waals surface area contributed by atoms with Gasteiger partial charge in [0.1, 0.15) is 5.75 Å².